The smallest absolute Gasteiger partial charge is 0.267 e. The maximum Gasteiger partial charge on any atom is 0.267 e. The van der Waals surface area contributed by atoms with Crippen molar-refractivity contribution in [1.29, 1.82) is 0 Å². The van der Waals surface area contributed by atoms with Crippen LogP contribution in [0.3, 0.4) is 0 Å². The van der Waals surface area contributed by atoms with Crippen LogP contribution in [-0.2, 0) is 17.6 Å². The average Bonchev–Trinajstić information content (AvgIpc) is 3.43. The van der Waals surface area contributed by atoms with Crippen LogP contribution in [0, 0.1) is 0 Å². The molecule has 0 saturated carbocycles. The number of hydrogen-bond acceptors (Lipinski definition) is 6. The molecule has 0 saturated heterocycles. The standard InChI is InChI=1S/C25H20BrClN4O2S2/c1-14(15-4-2-5-16(26)12-15)29-30-21(32)13-34-25-28-23-22(19-6-3-7-20(19)35-23)24(33)31(25)18-10-8-17(27)9-11-18/h2,4-5,8-12H,3,6-7,13H2,1H3,(H,30,32). The molecular formula is C25H20BrClN4O2S2. The van der Waals surface area contributed by atoms with Gasteiger partial charge >= 0.3 is 0 Å². The molecule has 35 heavy (non-hydrogen) atoms. The van der Waals surface area contributed by atoms with Gasteiger partial charge in [0.2, 0.25) is 0 Å². The number of thiophene rings is 1. The molecule has 5 rings (SSSR count). The molecule has 4 aromatic rings. The Morgan fingerprint density at radius 3 is 2.83 bits per heavy atom. The lowest BCUT2D eigenvalue weighted by atomic mass is 10.1. The summed E-state index contributed by atoms with van der Waals surface area (Å²) in [6.07, 6.45) is 2.95. The number of thioether (sulfide) groups is 1. The van der Waals surface area contributed by atoms with Gasteiger partial charge in [0.15, 0.2) is 5.16 Å². The van der Waals surface area contributed by atoms with Crippen LogP contribution < -0.4 is 11.0 Å². The Hall–Kier alpha value is -2.46. The summed E-state index contributed by atoms with van der Waals surface area (Å²) in [5, 5.41) is 5.96. The lowest BCUT2D eigenvalue weighted by molar-refractivity contribution is -0.118. The number of hydrogen-bond donors (Lipinski definition) is 1. The van der Waals surface area contributed by atoms with E-state index in [0.717, 1.165) is 39.7 Å². The van der Waals surface area contributed by atoms with Crippen molar-refractivity contribution in [2.75, 3.05) is 5.75 Å². The second-order valence-corrected chi connectivity index (χ2v) is 11.5. The number of carbonyl (C=O) groups is 1. The summed E-state index contributed by atoms with van der Waals surface area (Å²) in [7, 11) is 0. The number of rotatable bonds is 6. The maximum absolute atomic E-state index is 13.7. The predicted octanol–water partition coefficient (Wildman–Crippen LogP) is 5.98. The van der Waals surface area contributed by atoms with E-state index in [1.165, 1.54) is 16.6 Å². The summed E-state index contributed by atoms with van der Waals surface area (Å²) in [5.41, 5.74) is 5.88. The SMILES string of the molecule is CC(=NNC(=O)CSc1nc2sc3c(c2c(=O)n1-c1ccc(Cl)cc1)CCC3)c1cccc(Br)c1. The fourth-order valence-corrected chi connectivity index (χ4v) is 6.66. The number of carbonyl (C=O) groups excluding carboxylic acids is 1. The van der Waals surface area contributed by atoms with Gasteiger partial charge in [-0.25, -0.2) is 10.4 Å². The van der Waals surface area contributed by atoms with Crippen molar-refractivity contribution < 1.29 is 4.79 Å². The first-order valence-electron chi connectivity index (χ1n) is 11.0. The zero-order valence-corrected chi connectivity index (χ0v) is 22.7. The van der Waals surface area contributed by atoms with Gasteiger partial charge in [0, 0.05) is 14.4 Å². The molecule has 1 aliphatic rings. The number of amides is 1. The number of fused-ring (bicyclic) bond motifs is 3. The molecule has 10 heteroatoms. The van der Waals surface area contributed by atoms with Crippen LogP contribution in [0.2, 0.25) is 5.02 Å². The van der Waals surface area contributed by atoms with Gasteiger partial charge in [0.05, 0.1) is 22.5 Å². The van der Waals surface area contributed by atoms with Crippen molar-refractivity contribution in [3.63, 3.8) is 0 Å². The Morgan fingerprint density at radius 1 is 1.26 bits per heavy atom. The molecule has 2 aromatic heterocycles. The second-order valence-electron chi connectivity index (χ2n) is 8.08. The Balaban J connectivity index is 1.43. The first kappa shape index (κ1) is 24.2. The van der Waals surface area contributed by atoms with E-state index < -0.39 is 0 Å². The molecule has 2 heterocycles. The number of hydrazone groups is 1. The molecule has 0 unspecified atom stereocenters. The van der Waals surface area contributed by atoms with Gasteiger partial charge in [-0.2, -0.15) is 5.10 Å². The third kappa shape index (κ3) is 5.09. The molecule has 6 nitrogen and oxygen atoms in total. The number of aryl methyl sites for hydroxylation is 2. The topological polar surface area (TPSA) is 76.3 Å². The third-order valence-corrected chi connectivity index (χ3v) is 8.59. The van der Waals surface area contributed by atoms with Crippen molar-refractivity contribution in [2.24, 2.45) is 5.10 Å². The Morgan fingerprint density at radius 2 is 2.06 bits per heavy atom. The Kier molecular flexibility index (Phi) is 7.11. The van der Waals surface area contributed by atoms with Gasteiger partial charge in [-0.1, -0.05) is 51.4 Å². The van der Waals surface area contributed by atoms with Crippen molar-refractivity contribution in [3.05, 3.63) is 84.4 Å². The van der Waals surface area contributed by atoms with Gasteiger partial charge in [-0.05, 0) is 73.7 Å². The molecule has 1 N–H and O–H groups in total. The fraction of sp³-hybridized carbons (Fsp3) is 0.200. The van der Waals surface area contributed by atoms with Crippen molar-refractivity contribution in [3.8, 4) is 5.69 Å². The number of halogens is 2. The minimum atomic E-state index is -0.282. The molecule has 0 bridgehead atoms. The van der Waals surface area contributed by atoms with Crippen LogP contribution in [0.4, 0.5) is 0 Å². The lowest BCUT2D eigenvalue weighted by Gasteiger charge is -2.12. The van der Waals surface area contributed by atoms with Crippen LogP contribution in [0.1, 0.15) is 29.3 Å². The first-order chi connectivity index (χ1) is 16.9. The number of nitrogens with one attached hydrogen (secondary N) is 1. The largest absolute Gasteiger partial charge is 0.272 e. The summed E-state index contributed by atoms with van der Waals surface area (Å²) in [6.45, 7) is 1.83. The maximum atomic E-state index is 13.7. The molecule has 0 spiro atoms. The van der Waals surface area contributed by atoms with E-state index in [2.05, 4.69) is 26.5 Å². The number of benzene rings is 2. The summed E-state index contributed by atoms with van der Waals surface area (Å²) < 4.78 is 2.52. The minimum Gasteiger partial charge on any atom is -0.272 e. The van der Waals surface area contributed by atoms with E-state index in [1.807, 2.05) is 31.2 Å². The van der Waals surface area contributed by atoms with Crippen molar-refractivity contribution in [1.82, 2.24) is 15.0 Å². The normalized spacial score (nSPS) is 13.3. The lowest BCUT2D eigenvalue weighted by Crippen LogP contribution is -2.24. The molecule has 2 aromatic carbocycles. The van der Waals surface area contributed by atoms with Gasteiger partial charge in [0.25, 0.3) is 11.5 Å². The monoisotopic (exact) mass is 586 g/mol. The van der Waals surface area contributed by atoms with E-state index >= 15 is 0 Å². The van der Waals surface area contributed by atoms with Crippen LogP contribution in [-0.4, -0.2) is 26.9 Å². The zero-order valence-electron chi connectivity index (χ0n) is 18.7. The second kappa shape index (κ2) is 10.3. The van der Waals surface area contributed by atoms with E-state index in [9.17, 15) is 9.59 Å². The summed E-state index contributed by atoms with van der Waals surface area (Å²) in [5.74, 6) is -0.221. The highest BCUT2D eigenvalue weighted by molar-refractivity contribution is 9.10. The molecule has 1 amide bonds. The zero-order chi connectivity index (χ0) is 24.5. The molecule has 1 aliphatic carbocycles. The van der Waals surface area contributed by atoms with Crippen molar-refractivity contribution >= 4 is 72.5 Å². The van der Waals surface area contributed by atoms with Crippen LogP contribution in [0.15, 0.2) is 68.1 Å². The quantitative estimate of drug-likeness (QED) is 0.130. The molecule has 0 aliphatic heterocycles. The number of nitrogens with zero attached hydrogens (tertiary/aromatic N) is 3. The molecular weight excluding hydrogens is 568 g/mol. The van der Waals surface area contributed by atoms with Crippen LogP contribution in [0.5, 0.6) is 0 Å². The van der Waals surface area contributed by atoms with E-state index in [-0.39, 0.29) is 17.2 Å². The minimum absolute atomic E-state index is 0.0614. The highest BCUT2D eigenvalue weighted by Gasteiger charge is 2.24. The van der Waals surface area contributed by atoms with E-state index in [4.69, 9.17) is 16.6 Å². The first-order valence-corrected chi connectivity index (χ1v) is 13.9. The highest BCUT2D eigenvalue weighted by Crippen LogP contribution is 2.36. The van der Waals surface area contributed by atoms with Gasteiger partial charge in [-0.3, -0.25) is 14.2 Å². The van der Waals surface area contributed by atoms with E-state index in [0.29, 0.717) is 27.0 Å². The van der Waals surface area contributed by atoms with Crippen LogP contribution in [0.25, 0.3) is 15.9 Å². The van der Waals surface area contributed by atoms with Crippen LogP contribution >= 0.6 is 50.6 Å². The Bertz CT molecular complexity index is 1530. The number of aromatic nitrogens is 2. The fourth-order valence-electron chi connectivity index (χ4n) is 4.03. The summed E-state index contributed by atoms with van der Waals surface area (Å²) in [6, 6.07) is 14.8. The summed E-state index contributed by atoms with van der Waals surface area (Å²) in [4.78, 5) is 33.0. The van der Waals surface area contributed by atoms with Gasteiger partial charge < -0.3 is 0 Å². The van der Waals surface area contributed by atoms with E-state index in [1.54, 1.807) is 40.2 Å². The molecule has 0 radical (unpaired) electrons. The third-order valence-electron chi connectivity index (χ3n) is 5.72. The Labute approximate surface area is 223 Å². The van der Waals surface area contributed by atoms with Crippen molar-refractivity contribution in [2.45, 2.75) is 31.3 Å². The van der Waals surface area contributed by atoms with Gasteiger partial charge in [0.1, 0.15) is 4.83 Å². The average molecular weight is 588 g/mol. The van der Waals surface area contributed by atoms with Gasteiger partial charge in [-0.15, -0.1) is 11.3 Å². The molecule has 178 valence electrons. The predicted molar refractivity (Wildman–Crippen MR) is 147 cm³/mol. The molecule has 0 fully saturated rings. The molecule has 0 atom stereocenters. The summed E-state index contributed by atoms with van der Waals surface area (Å²) >= 11 is 12.3. The highest BCUT2D eigenvalue weighted by atomic mass is 79.9.